The molecule has 0 aliphatic rings. The number of carbonyl (C=O) groups is 4. The summed E-state index contributed by atoms with van der Waals surface area (Å²) >= 11 is 0. The van der Waals surface area contributed by atoms with Crippen LogP contribution in [0.4, 0.5) is 0 Å². The van der Waals surface area contributed by atoms with Crippen LogP contribution in [0.15, 0.2) is 0 Å². The van der Waals surface area contributed by atoms with E-state index in [1.807, 2.05) is 0 Å². The van der Waals surface area contributed by atoms with Crippen LogP contribution in [0.5, 0.6) is 0 Å². The van der Waals surface area contributed by atoms with E-state index >= 15 is 0 Å². The summed E-state index contributed by atoms with van der Waals surface area (Å²) in [6.45, 7) is 7.13. The lowest BCUT2D eigenvalue weighted by Gasteiger charge is -2.21. The fraction of sp³-hybridized carbons (Fsp3) is 0.938. The Morgan fingerprint density at radius 2 is 0.571 bits per heavy atom. The first kappa shape index (κ1) is 82.1. The van der Waals surface area contributed by atoms with Gasteiger partial charge in [0.05, 0.1) is 26.4 Å². The SMILES string of the molecule is CCCCCCCCCCCCCCCCCC(=O)O[C@H](COC(=O)CCCCCCCCCCC(C)CC)COP(=O)(O)OC[C@@H](O)COP(=O)(O)OC[C@@H](COC(=O)CCCCCCC)OC(=O)CCCCCCCCCCCCCC. The zero-order valence-electron chi connectivity index (χ0n) is 54.0. The Kier molecular flexibility index (Phi) is 57.4. The molecule has 0 aromatic heterocycles. The first-order chi connectivity index (χ1) is 40.6. The number of ether oxygens (including phenoxy) is 4. The molecule has 498 valence electrons. The van der Waals surface area contributed by atoms with Crippen LogP contribution in [0.2, 0.25) is 0 Å². The van der Waals surface area contributed by atoms with Crippen molar-refractivity contribution in [3.8, 4) is 0 Å². The molecule has 17 nitrogen and oxygen atoms in total. The number of hydrogen-bond donors (Lipinski definition) is 3. The molecule has 0 radical (unpaired) electrons. The van der Waals surface area contributed by atoms with E-state index in [-0.39, 0.29) is 25.7 Å². The van der Waals surface area contributed by atoms with Crippen molar-refractivity contribution < 1.29 is 80.2 Å². The lowest BCUT2D eigenvalue weighted by Crippen LogP contribution is -2.30. The van der Waals surface area contributed by atoms with Crippen molar-refractivity contribution in [2.45, 2.75) is 348 Å². The lowest BCUT2D eigenvalue weighted by molar-refractivity contribution is -0.161. The number of aliphatic hydroxyl groups is 1. The maximum Gasteiger partial charge on any atom is 0.472 e. The van der Waals surface area contributed by atoms with Crippen LogP contribution in [-0.2, 0) is 65.4 Å². The van der Waals surface area contributed by atoms with Crippen molar-refractivity contribution in [2.24, 2.45) is 5.92 Å². The van der Waals surface area contributed by atoms with Gasteiger partial charge in [0.2, 0.25) is 0 Å². The summed E-state index contributed by atoms with van der Waals surface area (Å²) in [7, 11) is -9.88. The van der Waals surface area contributed by atoms with Gasteiger partial charge in [0.15, 0.2) is 12.2 Å². The van der Waals surface area contributed by atoms with Gasteiger partial charge in [-0.05, 0) is 31.6 Å². The van der Waals surface area contributed by atoms with Crippen molar-refractivity contribution >= 4 is 39.5 Å². The minimum Gasteiger partial charge on any atom is -0.462 e. The molecule has 0 saturated carbocycles. The Labute approximate surface area is 511 Å². The molecular weight excluding hydrogens is 1110 g/mol. The van der Waals surface area contributed by atoms with Gasteiger partial charge >= 0.3 is 39.5 Å². The van der Waals surface area contributed by atoms with Crippen LogP contribution >= 0.6 is 15.6 Å². The molecule has 0 fully saturated rings. The number of carbonyl (C=O) groups excluding carboxylic acids is 4. The van der Waals surface area contributed by atoms with E-state index in [4.69, 9.17) is 37.0 Å². The number of unbranched alkanes of at least 4 members (excludes halogenated alkanes) is 36. The largest absolute Gasteiger partial charge is 0.472 e. The van der Waals surface area contributed by atoms with Crippen LogP contribution in [0.1, 0.15) is 330 Å². The minimum atomic E-state index is -4.94. The highest BCUT2D eigenvalue weighted by Crippen LogP contribution is 2.45. The number of aliphatic hydroxyl groups excluding tert-OH is 1. The summed E-state index contributed by atoms with van der Waals surface area (Å²) in [5, 5.41) is 10.5. The van der Waals surface area contributed by atoms with Gasteiger partial charge in [-0.3, -0.25) is 37.3 Å². The highest BCUT2D eigenvalue weighted by molar-refractivity contribution is 7.47. The van der Waals surface area contributed by atoms with E-state index in [0.717, 1.165) is 102 Å². The van der Waals surface area contributed by atoms with Gasteiger partial charge in [0.1, 0.15) is 19.3 Å². The molecule has 0 saturated heterocycles. The molecule has 6 atom stereocenters. The normalized spacial score (nSPS) is 14.5. The Morgan fingerprint density at radius 3 is 0.845 bits per heavy atom. The topological polar surface area (TPSA) is 237 Å². The first-order valence-corrected chi connectivity index (χ1v) is 37.2. The molecule has 19 heteroatoms. The summed E-state index contributed by atoms with van der Waals surface area (Å²) in [5.74, 6) is -1.36. The van der Waals surface area contributed by atoms with E-state index in [9.17, 15) is 43.2 Å². The van der Waals surface area contributed by atoms with Crippen LogP contribution in [0, 0.1) is 5.92 Å². The standard InChI is InChI=1S/C65H126O17P2/c1-6-10-13-16-18-20-22-24-25-26-28-30-36-41-46-51-65(70)82-61(55-76-63(68)49-44-39-34-32-31-33-38-42-47-58(5)9-4)57-80-84(73,74)78-53-59(66)52-77-83(71,72)79-56-60(54-75-62(67)48-43-37-15-12-8-3)81-64(69)50-45-40-35-29-27-23-21-19-17-14-11-7-2/h58-61,66H,6-57H2,1-5H3,(H,71,72)(H,73,74)/t58?,59-,60+,61+/m0/s1. The number of esters is 4. The maximum atomic E-state index is 13.0. The van der Waals surface area contributed by atoms with Gasteiger partial charge < -0.3 is 33.8 Å². The average Bonchev–Trinajstić information content (AvgIpc) is 3.50. The van der Waals surface area contributed by atoms with Gasteiger partial charge in [-0.25, -0.2) is 9.13 Å². The highest BCUT2D eigenvalue weighted by atomic mass is 31.2. The van der Waals surface area contributed by atoms with Crippen molar-refractivity contribution in [1.29, 1.82) is 0 Å². The third kappa shape index (κ3) is 57.8. The molecule has 0 amide bonds. The van der Waals surface area contributed by atoms with E-state index in [0.29, 0.717) is 25.7 Å². The molecule has 84 heavy (non-hydrogen) atoms. The molecule has 0 aromatic carbocycles. The lowest BCUT2D eigenvalue weighted by atomic mass is 9.99. The molecule has 0 spiro atoms. The van der Waals surface area contributed by atoms with E-state index in [2.05, 4.69) is 34.6 Å². The third-order valence-electron chi connectivity index (χ3n) is 15.4. The molecular formula is C65H126O17P2. The van der Waals surface area contributed by atoms with Crippen molar-refractivity contribution in [3.05, 3.63) is 0 Å². The van der Waals surface area contributed by atoms with Crippen LogP contribution < -0.4 is 0 Å². The third-order valence-corrected chi connectivity index (χ3v) is 17.3. The van der Waals surface area contributed by atoms with Gasteiger partial charge in [-0.1, -0.05) is 279 Å². The molecule has 0 aliphatic carbocycles. The second-order valence-corrected chi connectivity index (χ2v) is 26.7. The first-order valence-electron chi connectivity index (χ1n) is 34.2. The monoisotopic (exact) mass is 1240 g/mol. The smallest absolute Gasteiger partial charge is 0.462 e. The van der Waals surface area contributed by atoms with Gasteiger partial charge in [-0.15, -0.1) is 0 Å². The van der Waals surface area contributed by atoms with Gasteiger partial charge in [-0.2, -0.15) is 0 Å². The maximum absolute atomic E-state index is 13.0. The minimum absolute atomic E-state index is 0.106. The highest BCUT2D eigenvalue weighted by Gasteiger charge is 2.30. The Hall–Kier alpha value is -1.94. The van der Waals surface area contributed by atoms with Crippen LogP contribution in [0.25, 0.3) is 0 Å². The molecule has 0 rings (SSSR count). The predicted molar refractivity (Wildman–Crippen MR) is 335 cm³/mol. The quantitative estimate of drug-likeness (QED) is 0.0222. The zero-order valence-corrected chi connectivity index (χ0v) is 55.8. The Balaban J connectivity index is 5.17. The molecule has 0 aromatic rings. The summed E-state index contributed by atoms with van der Waals surface area (Å²) in [6.07, 6.45) is 43.3. The fourth-order valence-corrected chi connectivity index (χ4v) is 11.3. The molecule has 0 aliphatic heterocycles. The van der Waals surface area contributed by atoms with Gasteiger partial charge in [0, 0.05) is 25.7 Å². The fourth-order valence-electron chi connectivity index (χ4n) is 9.73. The van der Waals surface area contributed by atoms with E-state index < -0.39 is 97.5 Å². The number of phosphoric ester groups is 2. The second-order valence-electron chi connectivity index (χ2n) is 23.7. The Bertz CT molecular complexity index is 1640. The van der Waals surface area contributed by atoms with Crippen LogP contribution in [-0.4, -0.2) is 96.7 Å². The molecule has 3 unspecified atom stereocenters. The van der Waals surface area contributed by atoms with Gasteiger partial charge in [0.25, 0.3) is 0 Å². The number of rotatable bonds is 65. The van der Waals surface area contributed by atoms with E-state index in [1.165, 1.54) is 148 Å². The molecule has 0 heterocycles. The summed E-state index contributed by atoms with van der Waals surface area (Å²) < 4.78 is 67.9. The molecule has 3 N–H and O–H groups in total. The predicted octanol–water partition coefficient (Wildman–Crippen LogP) is 18.2. The van der Waals surface area contributed by atoms with Crippen LogP contribution in [0.3, 0.4) is 0 Å². The second kappa shape index (κ2) is 58.7. The molecule has 0 bridgehead atoms. The summed E-state index contributed by atoms with van der Waals surface area (Å²) in [4.78, 5) is 72.1. The Morgan fingerprint density at radius 1 is 0.333 bits per heavy atom. The van der Waals surface area contributed by atoms with Crippen molar-refractivity contribution in [1.82, 2.24) is 0 Å². The average molecular weight is 1240 g/mol. The number of phosphoric acid groups is 2. The summed E-state index contributed by atoms with van der Waals surface area (Å²) in [6, 6.07) is 0. The van der Waals surface area contributed by atoms with E-state index in [1.54, 1.807) is 0 Å². The van der Waals surface area contributed by atoms with Crippen molar-refractivity contribution in [3.63, 3.8) is 0 Å². The van der Waals surface area contributed by atoms with Crippen molar-refractivity contribution in [2.75, 3.05) is 39.6 Å². The summed E-state index contributed by atoms with van der Waals surface area (Å²) in [5.41, 5.74) is 0. The number of hydrogen-bond acceptors (Lipinski definition) is 15. The zero-order chi connectivity index (χ0) is 62.0.